The molecule has 4 heterocycles. The lowest BCUT2D eigenvalue weighted by atomic mass is 9.66. The van der Waals surface area contributed by atoms with Gasteiger partial charge in [-0.3, -0.25) is 4.90 Å². The van der Waals surface area contributed by atoms with Gasteiger partial charge in [-0.25, -0.2) is 4.79 Å². The number of hydrogen-bond donors (Lipinski definition) is 1. The summed E-state index contributed by atoms with van der Waals surface area (Å²) in [7, 11) is 1.47. The summed E-state index contributed by atoms with van der Waals surface area (Å²) in [5, 5.41) is 3.81. The van der Waals surface area contributed by atoms with E-state index in [2.05, 4.69) is 42.3 Å². The van der Waals surface area contributed by atoms with E-state index < -0.39 is 11.3 Å². The van der Waals surface area contributed by atoms with Gasteiger partial charge in [0.2, 0.25) is 0 Å². The van der Waals surface area contributed by atoms with Crippen molar-refractivity contribution in [1.82, 2.24) is 4.90 Å². The number of methoxy groups -OCH3 is 1. The molecule has 3 fully saturated rings. The van der Waals surface area contributed by atoms with Crippen LogP contribution in [0.3, 0.4) is 0 Å². The van der Waals surface area contributed by atoms with Gasteiger partial charge in [-0.05, 0) is 50.2 Å². The van der Waals surface area contributed by atoms with E-state index in [0.717, 1.165) is 43.6 Å². The topological polar surface area (TPSA) is 60.0 Å². The number of nitrogens with zero attached hydrogens (tertiary/aromatic N) is 1. The number of anilines is 1. The van der Waals surface area contributed by atoms with E-state index in [1.54, 1.807) is 0 Å². The molecule has 3 saturated heterocycles. The molecule has 6 heteroatoms. The van der Waals surface area contributed by atoms with Gasteiger partial charge in [0.15, 0.2) is 5.72 Å². The Kier molecular flexibility index (Phi) is 5.15. The quantitative estimate of drug-likeness (QED) is 0.589. The molecule has 1 unspecified atom stereocenters. The van der Waals surface area contributed by atoms with Crippen molar-refractivity contribution in [3.63, 3.8) is 0 Å². The molecule has 0 amide bonds. The van der Waals surface area contributed by atoms with Crippen LogP contribution >= 0.6 is 0 Å². The fourth-order valence-electron chi connectivity index (χ4n) is 6.88. The smallest absolute Gasteiger partial charge is 0.333 e. The minimum absolute atomic E-state index is 0.112. The number of nitrogens with one attached hydrogen (secondary N) is 1. The average Bonchev–Trinajstić information content (AvgIpc) is 3.11. The second kappa shape index (κ2) is 7.61. The second-order valence-electron chi connectivity index (χ2n) is 9.39. The molecule has 1 aromatic carbocycles. The van der Waals surface area contributed by atoms with Crippen LogP contribution in [0.1, 0.15) is 44.2 Å². The average molecular weight is 427 g/mol. The lowest BCUT2D eigenvalue weighted by Crippen LogP contribution is -2.75. The molecule has 6 nitrogen and oxygen atoms in total. The summed E-state index contributed by atoms with van der Waals surface area (Å²) < 4.78 is 18.5. The molecule has 5 rings (SSSR count). The van der Waals surface area contributed by atoms with Crippen LogP contribution in [0.25, 0.3) is 0 Å². The fraction of sp³-hybridized carbons (Fsp3) is 0.640. The van der Waals surface area contributed by atoms with Crippen LogP contribution in [0.15, 0.2) is 29.8 Å². The van der Waals surface area contributed by atoms with Crippen LogP contribution in [0.5, 0.6) is 0 Å². The highest BCUT2D eigenvalue weighted by Crippen LogP contribution is 2.60. The van der Waals surface area contributed by atoms with Gasteiger partial charge < -0.3 is 19.5 Å². The minimum Gasteiger partial charge on any atom is -0.466 e. The largest absolute Gasteiger partial charge is 0.466 e. The fourth-order valence-corrected chi connectivity index (χ4v) is 6.88. The van der Waals surface area contributed by atoms with Gasteiger partial charge in [-0.15, -0.1) is 0 Å². The maximum Gasteiger partial charge on any atom is 0.333 e. The summed E-state index contributed by atoms with van der Waals surface area (Å²) >= 11 is 0. The zero-order valence-electron chi connectivity index (χ0n) is 19.1. The number of benzene rings is 1. The molecule has 5 atom stereocenters. The van der Waals surface area contributed by atoms with E-state index in [1.807, 2.05) is 13.0 Å². The van der Waals surface area contributed by atoms with Gasteiger partial charge >= 0.3 is 5.97 Å². The van der Waals surface area contributed by atoms with Crippen molar-refractivity contribution in [2.24, 2.45) is 11.8 Å². The Hall–Kier alpha value is -1.89. The third-order valence-corrected chi connectivity index (χ3v) is 8.19. The van der Waals surface area contributed by atoms with E-state index in [1.165, 1.54) is 18.2 Å². The predicted molar refractivity (Wildman–Crippen MR) is 119 cm³/mol. The van der Waals surface area contributed by atoms with Gasteiger partial charge in [0.25, 0.3) is 0 Å². The first kappa shape index (κ1) is 21.0. The SMILES string of the molecule is C/C=C(/C(=O)OC)[C@H]1C[C@@H]2N(CC[C@@]34OCCOC23Nc2cccc(C)c24)C[C@H]1CC. The molecular weight excluding hydrogens is 392 g/mol. The van der Waals surface area contributed by atoms with Gasteiger partial charge in [0, 0.05) is 29.9 Å². The van der Waals surface area contributed by atoms with Crippen molar-refractivity contribution in [2.75, 3.05) is 38.7 Å². The summed E-state index contributed by atoms with van der Waals surface area (Å²) in [6, 6.07) is 6.53. The number of rotatable bonds is 3. The highest BCUT2D eigenvalue weighted by Gasteiger charge is 2.70. The maximum atomic E-state index is 12.6. The minimum atomic E-state index is -0.635. The Morgan fingerprint density at radius 1 is 1.35 bits per heavy atom. The molecule has 1 N–H and O–H groups in total. The molecule has 0 spiro atoms. The van der Waals surface area contributed by atoms with Crippen molar-refractivity contribution in [3.8, 4) is 0 Å². The summed E-state index contributed by atoms with van der Waals surface area (Å²) in [4.78, 5) is 15.2. The number of esters is 1. The van der Waals surface area contributed by atoms with Crippen LogP contribution in [-0.4, -0.2) is 56.0 Å². The summed E-state index contributed by atoms with van der Waals surface area (Å²) in [5.74, 6) is 0.352. The summed E-state index contributed by atoms with van der Waals surface area (Å²) in [6.07, 6.45) is 4.73. The van der Waals surface area contributed by atoms with E-state index in [9.17, 15) is 4.79 Å². The van der Waals surface area contributed by atoms with E-state index >= 15 is 0 Å². The first-order valence-electron chi connectivity index (χ1n) is 11.7. The number of fused-ring (bicyclic) bond motifs is 2. The Bertz CT molecular complexity index is 915. The molecule has 0 radical (unpaired) electrons. The first-order valence-corrected chi connectivity index (χ1v) is 11.7. The highest BCUT2D eigenvalue weighted by atomic mass is 16.6. The lowest BCUT2D eigenvalue weighted by Gasteiger charge is -2.61. The van der Waals surface area contributed by atoms with Crippen molar-refractivity contribution in [3.05, 3.63) is 41.0 Å². The number of carbonyl (C=O) groups is 1. The summed E-state index contributed by atoms with van der Waals surface area (Å²) in [6.45, 7) is 9.44. The van der Waals surface area contributed by atoms with Crippen LogP contribution in [0.2, 0.25) is 0 Å². The van der Waals surface area contributed by atoms with E-state index in [0.29, 0.717) is 19.1 Å². The highest BCUT2D eigenvalue weighted by molar-refractivity contribution is 5.89. The van der Waals surface area contributed by atoms with Gasteiger partial charge in [0.1, 0.15) is 5.60 Å². The monoisotopic (exact) mass is 426 g/mol. The Morgan fingerprint density at radius 3 is 2.90 bits per heavy atom. The van der Waals surface area contributed by atoms with Crippen LogP contribution in [-0.2, 0) is 24.6 Å². The molecule has 31 heavy (non-hydrogen) atoms. The number of allylic oxidation sites excluding steroid dienone is 1. The van der Waals surface area contributed by atoms with Crippen LogP contribution < -0.4 is 5.32 Å². The Labute approximate surface area is 184 Å². The van der Waals surface area contributed by atoms with E-state index in [-0.39, 0.29) is 17.9 Å². The third kappa shape index (κ3) is 2.77. The van der Waals surface area contributed by atoms with Crippen molar-refractivity contribution in [1.29, 1.82) is 0 Å². The zero-order chi connectivity index (χ0) is 21.8. The number of hydrogen-bond acceptors (Lipinski definition) is 6. The molecule has 4 aliphatic heterocycles. The second-order valence-corrected chi connectivity index (χ2v) is 9.39. The van der Waals surface area contributed by atoms with Gasteiger partial charge in [0.05, 0.1) is 26.4 Å². The van der Waals surface area contributed by atoms with Crippen molar-refractivity contribution in [2.45, 2.75) is 57.4 Å². The summed E-state index contributed by atoms with van der Waals surface area (Å²) in [5.41, 5.74) is 3.29. The van der Waals surface area contributed by atoms with Crippen molar-refractivity contribution >= 4 is 11.7 Å². The van der Waals surface area contributed by atoms with Crippen molar-refractivity contribution < 1.29 is 19.0 Å². The number of piperidine rings is 2. The Morgan fingerprint density at radius 2 is 2.16 bits per heavy atom. The molecule has 4 aliphatic rings. The maximum absolute atomic E-state index is 12.6. The molecule has 0 aliphatic carbocycles. The molecule has 168 valence electrons. The molecule has 0 aromatic heterocycles. The standard InChI is InChI=1S/C25H34N2O4/c1-5-17-15-27-11-10-24-22-16(3)8-7-9-20(22)26-25(24,31-13-12-30-24)21(27)14-19(17)18(6-2)23(28)29-4/h6-9,17,19,21,26H,5,10-15H2,1-4H3/b18-6+/t17-,19+,21+,24+,25?/m1/s1. The van der Waals surface area contributed by atoms with E-state index in [4.69, 9.17) is 14.2 Å². The normalized spacial score (nSPS) is 37.2. The van der Waals surface area contributed by atoms with Crippen LogP contribution in [0.4, 0.5) is 5.69 Å². The third-order valence-electron chi connectivity index (χ3n) is 8.19. The Balaban J connectivity index is 1.59. The molecule has 0 saturated carbocycles. The number of ether oxygens (including phenoxy) is 3. The zero-order valence-corrected chi connectivity index (χ0v) is 19.1. The first-order chi connectivity index (χ1) is 15.0. The van der Waals surface area contributed by atoms with Gasteiger partial charge in [-0.1, -0.05) is 31.6 Å². The predicted octanol–water partition coefficient (Wildman–Crippen LogP) is 3.60. The number of aryl methyl sites for hydroxylation is 1. The molecular formula is C25H34N2O4. The van der Waals surface area contributed by atoms with Gasteiger partial charge in [-0.2, -0.15) is 0 Å². The van der Waals surface area contributed by atoms with Crippen LogP contribution in [0, 0.1) is 18.8 Å². The lowest BCUT2D eigenvalue weighted by molar-refractivity contribution is -0.297. The molecule has 0 bridgehead atoms. The molecule has 1 aromatic rings. The number of carbonyl (C=O) groups excluding carboxylic acids is 1.